The van der Waals surface area contributed by atoms with Crippen LogP contribution in [0.4, 0.5) is 5.13 Å². The Labute approximate surface area is 164 Å². The number of hydrogen-bond acceptors (Lipinski definition) is 4. The summed E-state index contributed by atoms with van der Waals surface area (Å²) in [4.78, 5) is 21.7. The summed E-state index contributed by atoms with van der Waals surface area (Å²) in [6.07, 6.45) is 0. The second-order valence-electron chi connectivity index (χ2n) is 6.48. The quantitative estimate of drug-likeness (QED) is 0.642. The number of rotatable bonds is 5. The number of likely N-dealkylation sites (N-methyl/N-ethyl adjacent to an activating group) is 1. The van der Waals surface area contributed by atoms with Gasteiger partial charge in [-0.1, -0.05) is 35.6 Å². The summed E-state index contributed by atoms with van der Waals surface area (Å²) in [6, 6.07) is 13.6. The van der Waals surface area contributed by atoms with E-state index in [1.807, 2.05) is 44.4 Å². The summed E-state index contributed by atoms with van der Waals surface area (Å²) in [5.41, 5.74) is 4.09. The van der Waals surface area contributed by atoms with Crippen LogP contribution >= 0.6 is 23.7 Å². The summed E-state index contributed by atoms with van der Waals surface area (Å²) in [7, 11) is 4.02. The first-order valence-corrected chi connectivity index (χ1v) is 9.17. The lowest BCUT2D eigenvalue weighted by Gasteiger charge is -2.22. The van der Waals surface area contributed by atoms with Crippen LogP contribution in [0.1, 0.15) is 21.5 Å². The molecule has 0 saturated heterocycles. The molecule has 0 aliphatic rings. The van der Waals surface area contributed by atoms with E-state index < -0.39 is 0 Å². The molecule has 0 fully saturated rings. The number of benzene rings is 2. The molecule has 1 aromatic heterocycles. The number of thiazole rings is 1. The number of nitrogens with zero attached hydrogens (tertiary/aromatic N) is 3. The third kappa shape index (κ3) is 4.23. The first kappa shape index (κ1) is 20.4. The average Bonchev–Trinajstić information content (AvgIpc) is 3.03. The van der Waals surface area contributed by atoms with Gasteiger partial charge in [0.2, 0.25) is 0 Å². The minimum absolute atomic E-state index is 0. The topological polar surface area (TPSA) is 36.4 Å². The van der Waals surface area contributed by atoms with Crippen molar-refractivity contribution in [2.75, 3.05) is 32.1 Å². The normalized spacial score (nSPS) is 10.8. The van der Waals surface area contributed by atoms with Crippen LogP contribution in [-0.2, 0) is 0 Å². The van der Waals surface area contributed by atoms with Gasteiger partial charge in [-0.3, -0.25) is 9.69 Å². The smallest absolute Gasteiger partial charge is 0.260 e. The maximum absolute atomic E-state index is 13.1. The summed E-state index contributed by atoms with van der Waals surface area (Å²) in [6.45, 7) is 5.57. The Kier molecular flexibility index (Phi) is 6.75. The number of aryl methyl sites for hydroxylation is 2. The van der Waals surface area contributed by atoms with E-state index in [4.69, 9.17) is 4.98 Å². The van der Waals surface area contributed by atoms with Crippen LogP contribution in [0.3, 0.4) is 0 Å². The van der Waals surface area contributed by atoms with Gasteiger partial charge in [0.25, 0.3) is 5.91 Å². The van der Waals surface area contributed by atoms with Crippen molar-refractivity contribution in [3.63, 3.8) is 0 Å². The monoisotopic (exact) mass is 389 g/mol. The van der Waals surface area contributed by atoms with E-state index in [9.17, 15) is 4.79 Å². The summed E-state index contributed by atoms with van der Waals surface area (Å²) >= 11 is 1.58. The van der Waals surface area contributed by atoms with Crippen molar-refractivity contribution in [3.05, 3.63) is 59.2 Å². The van der Waals surface area contributed by atoms with Crippen molar-refractivity contribution in [3.8, 4) is 0 Å². The molecule has 6 heteroatoms. The minimum Gasteiger partial charge on any atom is -0.308 e. The van der Waals surface area contributed by atoms with Gasteiger partial charge in [-0.2, -0.15) is 0 Å². The Hall–Kier alpha value is -1.95. The molecule has 138 valence electrons. The van der Waals surface area contributed by atoms with Crippen molar-refractivity contribution >= 4 is 45.0 Å². The van der Waals surface area contributed by atoms with E-state index in [1.54, 1.807) is 16.2 Å². The largest absolute Gasteiger partial charge is 0.308 e. The van der Waals surface area contributed by atoms with Crippen molar-refractivity contribution in [1.82, 2.24) is 9.88 Å². The maximum Gasteiger partial charge on any atom is 0.260 e. The third-order valence-electron chi connectivity index (χ3n) is 4.34. The molecule has 0 unspecified atom stereocenters. The van der Waals surface area contributed by atoms with E-state index in [0.29, 0.717) is 12.1 Å². The third-order valence-corrected chi connectivity index (χ3v) is 5.38. The molecule has 0 radical (unpaired) electrons. The number of anilines is 1. The fourth-order valence-corrected chi connectivity index (χ4v) is 3.70. The minimum atomic E-state index is -0.00381. The Morgan fingerprint density at radius 3 is 2.38 bits per heavy atom. The van der Waals surface area contributed by atoms with E-state index >= 15 is 0 Å². The molecule has 0 bridgehead atoms. The fourth-order valence-electron chi connectivity index (χ4n) is 2.65. The summed E-state index contributed by atoms with van der Waals surface area (Å²) in [5.74, 6) is -0.00381. The van der Waals surface area contributed by atoms with E-state index in [0.717, 1.165) is 21.9 Å². The molecule has 1 amide bonds. The lowest BCUT2D eigenvalue weighted by atomic mass is 10.1. The average molecular weight is 390 g/mol. The standard InChI is InChI=1S/C20H23N3OS.ClH/c1-14-10-11-17-18(15(14)2)21-20(25-17)23(13-12-22(3)4)19(24)16-8-6-5-7-9-16;/h5-11H,12-13H2,1-4H3;1H. The number of fused-ring (bicyclic) bond motifs is 1. The molecule has 26 heavy (non-hydrogen) atoms. The highest BCUT2D eigenvalue weighted by Crippen LogP contribution is 2.32. The molecule has 4 nitrogen and oxygen atoms in total. The van der Waals surface area contributed by atoms with Crippen LogP contribution in [-0.4, -0.2) is 43.0 Å². The van der Waals surface area contributed by atoms with E-state index in [1.165, 1.54) is 11.1 Å². The highest BCUT2D eigenvalue weighted by molar-refractivity contribution is 7.22. The molecule has 0 spiro atoms. The number of aromatic nitrogens is 1. The van der Waals surface area contributed by atoms with Gasteiger partial charge in [-0.25, -0.2) is 4.98 Å². The van der Waals surface area contributed by atoms with Crippen LogP contribution in [0, 0.1) is 13.8 Å². The van der Waals surface area contributed by atoms with E-state index in [2.05, 4.69) is 30.9 Å². The number of halogens is 1. The first-order valence-electron chi connectivity index (χ1n) is 8.36. The van der Waals surface area contributed by atoms with Gasteiger partial charge in [0.1, 0.15) is 0 Å². The lowest BCUT2D eigenvalue weighted by Crippen LogP contribution is -2.36. The maximum atomic E-state index is 13.1. The molecular weight excluding hydrogens is 366 g/mol. The van der Waals surface area contributed by atoms with Crippen molar-refractivity contribution in [2.45, 2.75) is 13.8 Å². The predicted octanol–water partition coefficient (Wildman–Crippen LogP) is 4.54. The van der Waals surface area contributed by atoms with Gasteiger partial charge in [0.05, 0.1) is 10.2 Å². The molecule has 1 heterocycles. The molecule has 3 aromatic rings. The Morgan fingerprint density at radius 1 is 1.04 bits per heavy atom. The van der Waals surface area contributed by atoms with E-state index in [-0.39, 0.29) is 18.3 Å². The Bertz CT molecular complexity index is 893. The predicted molar refractivity (Wildman–Crippen MR) is 113 cm³/mol. The Morgan fingerprint density at radius 2 is 1.73 bits per heavy atom. The van der Waals surface area contributed by atoms with Crippen molar-refractivity contribution in [2.24, 2.45) is 0 Å². The molecule has 0 aliphatic heterocycles. The van der Waals surface area contributed by atoms with Crippen LogP contribution in [0.5, 0.6) is 0 Å². The molecule has 0 aliphatic carbocycles. The molecule has 3 rings (SSSR count). The lowest BCUT2D eigenvalue weighted by molar-refractivity contribution is 0.0985. The fraction of sp³-hybridized carbons (Fsp3) is 0.300. The van der Waals surface area contributed by atoms with Gasteiger partial charge >= 0.3 is 0 Å². The highest BCUT2D eigenvalue weighted by Gasteiger charge is 2.21. The van der Waals surface area contributed by atoms with Crippen LogP contribution in [0.25, 0.3) is 10.2 Å². The summed E-state index contributed by atoms with van der Waals surface area (Å²) < 4.78 is 1.12. The SMILES string of the molecule is Cc1ccc2sc(N(CCN(C)C)C(=O)c3ccccc3)nc2c1C.Cl. The summed E-state index contributed by atoms with van der Waals surface area (Å²) in [5, 5.41) is 0.763. The molecule has 2 aromatic carbocycles. The molecular formula is C20H24ClN3OS. The van der Waals surface area contributed by atoms with Gasteiger partial charge in [-0.15, -0.1) is 12.4 Å². The second kappa shape index (κ2) is 8.62. The van der Waals surface area contributed by atoms with Gasteiger partial charge < -0.3 is 4.90 Å². The Balaban J connectivity index is 0.00000243. The first-order chi connectivity index (χ1) is 12.0. The zero-order chi connectivity index (χ0) is 18.0. The number of carbonyl (C=O) groups is 1. The van der Waals surface area contributed by atoms with Crippen molar-refractivity contribution in [1.29, 1.82) is 0 Å². The van der Waals surface area contributed by atoms with Gasteiger partial charge in [0.15, 0.2) is 5.13 Å². The zero-order valence-electron chi connectivity index (χ0n) is 15.5. The van der Waals surface area contributed by atoms with Crippen molar-refractivity contribution < 1.29 is 4.79 Å². The number of hydrogen-bond donors (Lipinski definition) is 0. The van der Waals surface area contributed by atoms with Crippen LogP contribution in [0.2, 0.25) is 0 Å². The molecule has 0 atom stereocenters. The highest BCUT2D eigenvalue weighted by atomic mass is 35.5. The van der Waals surface area contributed by atoms with Crippen LogP contribution < -0.4 is 4.90 Å². The number of carbonyl (C=O) groups excluding carboxylic acids is 1. The number of amides is 1. The zero-order valence-corrected chi connectivity index (χ0v) is 17.2. The van der Waals surface area contributed by atoms with Crippen LogP contribution in [0.15, 0.2) is 42.5 Å². The van der Waals surface area contributed by atoms with Gasteiger partial charge in [-0.05, 0) is 57.3 Å². The second-order valence-corrected chi connectivity index (χ2v) is 7.49. The molecule has 0 saturated carbocycles. The molecule has 0 N–H and O–H groups in total. The van der Waals surface area contributed by atoms with Gasteiger partial charge in [0, 0.05) is 18.7 Å².